The molecule has 1 aliphatic heterocycles. The van der Waals surface area contributed by atoms with Crippen LogP contribution in [0, 0.1) is 0 Å². The van der Waals surface area contributed by atoms with E-state index in [0.717, 1.165) is 21.3 Å². The van der Waals surface area contributed by atoms with Crippen molar-refractivity contribution in [2.24, 2.45) is 0 Å². The molecule has 1 saturated heterocycles. The number of aromatic nitrogens is 2. The van der Waals surface area contributed by atoms with Crippen molar-refractivity contribution in [1.82, 2.24) is 9.55 Å². The molecule has 5 aromatic rings. The van der Waals surface area contributed by atoms with Gasteiger partial charge in [0.2, 0.25) is 0 Å². The number of nitrogens with zero attached hydrogens (tertiary/aromatic N) is 2. The van der Waals surface area contributed by atoms with E-state index >= 15 is 0 Å². The summed E-state index contributed by atoms with van der Waals surface area (Å²) in [6.45, 7) is -0.141. The van der Waals surface area contributed by atoms with E-state index in [1.807, 2.05) is 84.9 Å². The third kappa shape index (κ3) is 6.07. The largest absolute Gasteiger partial charge is 0.497 e. The van der Waals surface area contributed by atoms with Gasteiger partial charge >= 0.3 is 5.69 Å². The van der Waals surface area contributed by atoms with E-state index in [-0.39, 0.29) is 12.4 Å². The van der Waals surface area contributed by atoms with Crippen molar-refractivity contribution in [3.63, 3.8) is 0 Å². The van der Waals surface area contributed by atoms with Crippen LogP contribution in [0.4, 0.5) is 5.82 Å². The van der Waals surface area contributed by atoms with Crippen LogP contribution in [0.15, 0.2) is 132 Å². The Morgan fingerprint density at radius 3 is 1.96 bits per heavy atom. The summed E-state index contributed by atoms with van der Waals surface area (Å²) in [6, 6.07) is 36.9. The van der Waals surface area contributed by atoms with Crippen molar-refractivity contribution in [3.8, 4) is 5.75 Å². The van der Waals surface area contributed by atoms with Crippen molar-refractivity contribution in [2.45, 2.75) is 30.1 Å². The average Bonchev–Trinajstić information content (AvgIpc) is 3.39. The van der Waals surface area contributed by atoms with Gasteiger partial charge in [0.05, 0.1) is 13.7 Å². The molecule has 10 heteroatoms. The summed E-state index contributed by atoms with van der Waals surface area (Å²) in [7, 11) is 1.60. The van der Waals surface area contributed by atoms with Crippen LogP contribution in [0.2, 0.25) is 0 Å². The Labute approximate surface area is 265 Å². The molecule has 1 aliphatic rings. The monoisotopic (exact) mass is 619 g/mol. The molecule has 0 spiro atoms. The van der Waals surface area contributed by atoms with E-state index in [2.05, 4.69) is 10.3 Å². The molecule has 1 aromatic heterocycles. The molecule has 0 radical (unpaired) electrons. The fourth-order valence-electron chi connectivity index (χ4n) is 5.68. The molecule has 46 heavy (non-hydrogen) atoms. The number of carbonyl (C=O) groups excluding carboxylic acids is 1. The number of hydrogen-bond acceptors (Lipinski definition) is 8. The number of nitrogens with one attached hydrogen (secondary N) is 1. The molecule has 3 N–H and O–H groups in total. The Bertz CT molecular complexity index is 1780. The number of hydrogen-bond donors (Lipinski definition) is 3. The number of benzene rings is 4. The van der Waals surface area contributed by atoms with Crippen molar-refractivity contribution in [3.05, 3.63) is 160 Å². The number of aliphatic hydroxyl groups is 2. The first-order valence-corrected chi connectivity index (χ1v) is 14.8. The van der Waals surface area contributed by atoms with Crippen molar-refractivity contribution >= 4 is 11.7 Å². The summed E-state index contributed by atoms with van der Waals surface area (Å²) in [5.41, 5.74) is 0.992. The van der Waals surface area contributed by atoms with Gasteiger partial charge in [-0.05, 0) is 47.0 Å². The predicted molar refractivity (Wildman–Crippen MR) is 171 cm³/mol. The molecular weight excluding hydrogens is 586 g/mol. The Morgan fingerprint density at radius 2 is 1.39 bits per heavy atom. The summed E-state index contributed by atoms with van der Waals surface area (Å²) in [5.74, 6) is 0.300. The summed E-state index contributed by atoms with van der Waals surface area (Å²) in [4.78, 5) is 29.5. The molecule has 4 aromatic carbocycles. The molecule has 4 atom stereocenters. The second-order valence-electron chi connectivity index (χ2n) is 10.8. The van der Waals surface area contributed by atoms with Crippen molar-refractivity contribution < 1.29 is 29.2 Å². The van der Waals surface area contributed by atoms with E-state index in [9.17, 15) is 19.8 Å². The Kier molecular flexibility index (Phi) is 9.04. The standard InChI is InChI=1S/C36H33N3O7/c1-44-28-19-17-27(18-20-28)36(25-13-7-3-8-14-25,26-15-9-4-10-16-26)45-23-29-31(40)32(41)34(46-29)39-22-21-30(38-35(39)43)37-33(42)24-11-5-2-6-12-24/h2-22,29,31-32,34,40-41H,23H2,1H3,(H,37,38,42,43)/t29-,31+,32-,34+/m0/s1. The van der Waals surface area contributed by atoms with Gasteiger partial charge in [-0.25, -0.2) is 4.79 Å². The van der Waals surface area contributed by atoms with Crippen LogP contribution >= 0.6 is 0 Å². The molecular formula is C36H33N3O7. The number of amides is 1. The first kappa shape index (κ1) is 30.9. The van der Waals surface area contributed by atoms with E-state index in [1.54, 1.807) is 37.4 Å². The zero-order valence-electron chi connectivity index (χ0n) is 25.0. The lowest BCUT2D eigenvalue weighted by atomic mass is 9.80. The van der Waals surface area contributed by atoms with E-state index in [0.29, 0.717) is 11.3 Å². The van der Waals surface area contributed by atoms with Gasteiger partial charge in [-0.15, -0.1) is 0 Å². The number of anilines is 1. The van der Waals surface area contributed by atoms with Gasteiger partial charge in [0.1, 0.15) is 35.5 Å². The number of carbonyl (C=O) groups is 1. The highest BCUT2D eigenvalue weighted by Gasteiger charge is 2.46. The fraction of sp³-hybridized carbons (Fsp3) is 0.194. The van der Waals surface area contributed by atoms with Crippen LogP contribution in [0.5, 0.6) is 5.75 Å². The highest BCUT2D eigenvalue weighted by atomic mass is 16.6. The molecule has 2 heterocycles. The Balaban J connectivity index is 1.27. The Hall–Kier alpha value is -5.13. The second kappa shape index (κ2) is 13.5. The van der Waals surface area contributed by atoms with Crippen LogP contribution < -0.4 is 15.7 Å². The van der Waals surface area contributed by atoms with Crippen LogP contribution in [0.3, 0.4) is 0 Å². The molecule has 0 bridgehead atoms. The average molecular weight is 620 g/mol. The lowest BCUT2D eigenvalue weighted by Crippen LogP contribution is -2.39. The molecule has 1 amide bonds. The minimum absolute atomic E-state index is 0.0398. The minimum atomic E-state index is -1.46. The molecule has 1 fully saturated rings. The van der Waals surface area contributed by atoms with Gasteiger partial charge in [0.25, 0.3) is 5.91 Å². The van der Waals surface area contributed by atoms with E-state index < -0.39 is 41.7 Å². The zero-order chi connectivity index (χ0) is 32.1. The second-order valence-corrected chi connectivity index (χ2v) is 10.8. The van der Waals surface area contributed by atoms with Crippen LogP contribution in [-0.4, -0.2) is 57.7 Å². The summed E-state index contributed by atoms with van der Waals surface area (Å²) in [5, 5.41) is 24.7. The lowest BCUT2D eigenvalue weighted by molar-refractivity contribution is -0.0958. The van der Waals surface area contributed by atoms with E-state index in [1.165, 1.54) is 12.3 Å². The molecule has 6 rings (SSSR count). The maximum absolute atomic E-state index is 13.0. The first-order valence-electron chi connectivity index (χ1n) is 14.8. The summed E-state index contributed by atoms with van der Waals surface area (Å²) < 4.78 is 19.3. The highest BCUT2D eigenvalue weighted by Crippen LogP contribution is 2.42. The normalized spacial score (nSPS) is 19.5. The number of aliphatic hydroxyl groups excluding tert-OH is 2. The third-order valence-corrected chi connectivity index (χ3v) is 8.04. The first-order chi connectivity index (χ1) is 22.4. The smallest absolute Gasteiger partial charge is 0.351 e. The minimum Gasteiger partial charge on any atom is -0.497 e. The molecule has 0 aliphatic carbocycles. The molecule has 234 valence electrons. The SMILES string of the molecule is COc1ccc(C(OC[C@@H]2O[C@@H](n3ccc(NC(=O)c4ccccc4)nc3=O)[C@@H](O)[C@@H]2O)(c2ccccc2)c2ccccc2)cc1. The highest BCUT2D eigenvalue weighted by molar-refractivity contribution is 6.03. The zero-order valence-corrected chi connectivity index (χ0v) is 25.0. The van der Waals surface area contributed by atoms with Crippen molar-refractivity contribution in [2.75, 3.05) is 19.0 Å². The number of ether oxygens (including phenoxy) is 3. The van der Waals surface area contributed by atoms with Gasteiger partial charge in [0.15, 0.2) is 6.23 Å². The quantitative estimate of drug-likeness (QED) is 0.199. The van der Waals surface area contributed by atoms with Gasteiger partial charge in [-0.1, -0.05) is 91.0 Å². The number of methoxy groups -OCH3 is 1. The Morgan fingerprint density at radius 1 is 0.826 bits per heavy atom. The molecule has 0 saturated carbocycles. The summed E-state index contributed by atoms with van der Waals surface area (Å²) >= 11 is 0. The van der Waals surface area contributed by atoms with Crippen LogP contribution in [0.25, 0.3) is 0 Å². The van der Waals surface area contributed by atoms with Gasteiger partial charge in [0, 0.05) is 11.8 Å². The molecule has 0 unspecified atom stereocenters. The van der Waals surface area contributed by atoms with Gasteiger partial charge in [-0.3, -0.25) is 9.36 Å². The maximum Gasteiger partial charge on any atom is 0.351 e. The van der Waals surface area contributed by atoms with Gasteiger partial charge < -0.3 is 29.7 Å². The van der Waals surface area contributed by atoms with Crippen molar-refractivity contribution in [1.29, 1.82) is 0 Å². The van der Waals surface area contributed by atoms with Gasteiger partial charge in [-0.2, -0.15) is 4.98 Å². The predicted octanol–water partition coefficient (Wildman–Crippen LogP) is 4.13. The van der Waals surface area contributed by atoms with Crippen LogP contribution in [-0.2, 0) is 15.1 Å². The topological polar surface area (TPSA) is 132 Å². The van der Waals surface area contributed by atoms with E-state index in [4.69, 9.17) is 14.2 Å². The lowest BCUT2D eigenvalue weighted by Gasteiger charge is -2.37. The number of rotatable bonds is 10. The fourth-order valence-corrected chi connectivity index (χ4v) is 5.68. The molecule has 10 nitrogen and oxygen atoms in total. The third-order valence-electron chi connectivity index (χ3n) is 8.04. The van der Waals surface area contributed by atoms with Crippen LogP contribution in [0.1, 0.15) is 33.3 Å². The summed E-state index contributed by atoms with van der Waals surface area (Å²) in [6.07, 6.45) is -3.73. The maximum atomic E-state index is 13.0.